The van der Waals surface area contributed by atoms with Crippen LogP contribution in [0.25, 0.3) is 10.8 Å². The van der Waals surface area contributed by atoms with Crippen molar-refractivity contribution >= 4 is 39.8 Å². The number of urea groups is 1. The van der Waals surface area contributed by atoms with Gasteiger partial charge in [0, 0.05) is 18.1 Å². The van der Waals surface area contributed by atoms with E-state index in [-0.39, 0.29) is 16.4 Å². The van der Waals surface area contributed by atoms with Crippen LogP contribution in [0.4, 0.5) is 21.3 Å². The third-order valence-corrected chi connectivity index (χ3v) is 5.52. The van der Waals surface area contributed by atoms with Gasteiger partial charge in [-0.05, 0) is 30.8 Å². The Kier molecular flexibility index (Phi) is 4.67. The molecular formula is C18H19N6O3S+. The van der Waals surface area contributed by atoms with Gasteiger partial charge in [-0.3, -0.25) is 15.4 Å². The second-order valence-electron chi connectivity index (χ2n) is 6.56. The first-order valence-electron chi connectivity index (χ1n) is 8.72. The maximum atomic E-state index is 12.6. The number of fused-ring (bicyclic) bond motifs is 1. The molecule has 0 aliphatic carbocycles. The minimum Gasteiger partial charge on any atom is -0.462 e. The van der Waals surface area contributed by atoms with Gasteiger partial charge in [0.1, 0.15) is 5.69 Å². The molecule has 1 aliphatic rings. The van der Waals surface area contributed by atoms with E-state index in [2.05, 4.69) is 20.8 Å². The zero-order valence-corrected chi connectivity index (χ0v) is 16.0. The van der Waals surface area contributed by atoms with E-state index in [1.165, 1.54) is 11.3 Å². The van der Waals surface area contributed by atoms with Gasteiger partial charge in [0.15, 0.2) is 16.5 Å². The molecule has 9 nitrogen and oxygen atoms in total. The van der Waals surface area contributed by atoms with Gasteiger partial charge in [-0.15, -0.1) is 10.2 Å². The molecule has 3 amide bonds. The smallest absolute Gasteiger partial charge is 0.426 e. The lowest BCUT2D eigenvalue weighted by Crippen LogP contribution is -2.49. The Hall–Kier alpha value is -3.08. The molecule has 2 aromatic heterocycles. The Labute approximate surface area is 164 Å². The fraction of sp³-hybridized carbons (Fsp3) is 0.222. The number of rotatable bonds is 6. The Balaban J connectivity index is 1.52. The van der Waals surface area contributed by atoms with Crippen molar-refractivity contribution in [2.45, 2.75) is 6.42 Å². The molecule has 0 spiro atoms. The lowest BCUT2D eigenvalue weighted by Gasteiger charge is -2.24. The van der Waals surface area contributed by atoms with E-state index < -0.39 is 0 Å². The van der Waals surface area contributed by atoms with Crippen molar-refractivity contribution in [3.05, 3.63) is 42.2 Å². The molecule has 144 valence electrons. The molecule has 28 heavy (non-hydrogen) atoms. The summed E-state index contributed by atoms with van der Waals surface area (Å²) >= 11 is 1.22. The zero-order chi connectivity index (χ0) is 19.7. The van der Waals surface area contributed by atoms with Crippen molar-refractivity contribution in [1.29, 1.82) is 0 Å². The van der Waals surface area contributed by atoms with Crippen LogP contribution in [0.2, 0.25) is 0 Å². The third-order valence-electron chi connectivity index (χ3n) is 4.67. The van der Waals surface area contributed by atoms with Crippen molar-refractivity contribution in [2.24, 2.45) is 5.73 Å². The summed E-state index contributed by atoms with van der Waals surface area (Å²) in [6.07, 6.45) is 2.27. The van der Waals surface area contributed by atoms with E-state index in [0.29, 0.717) is 40.2 Å². The van der Waals surface area contributed by atoms with Gasteiger partial charge < -0.3 is 10.2 Å². The van der Waals surface area contributed by atoms with Crippen LogP contribution in [-0.2, 0) is 0 Å². The molecule has 3 heterocycles. The molecule has 0 saturated carbocycles. The highest BCUT2D eigenvalue weighted by molar-refractivity contribution is 7.18. The van der Waals surface area contributed by atoms with E-state index in [4.69, 9.17) is 10.2 Å². The van der Waals surface area contributed by atoms with Gasteiger partial charge in [0.2, 0.25) is 5.13 Å². The number of quaternary nitrogens is 1. The van der Waals surface area contributed by atoms with Gasteiger partial charge in [0.05, 0.1) is 19.9 Å². The molecule has 0 saturated heterocycles. The summed E-state index contributed by atoms with van der Waals surface area (Å²) in [7, 11) is 1.84. The van der Waals surface area contributed by atoms with Crippen molar-refractivity contribution in [3.8, 4) is 10.8 Å². The molecule has 0 fully saturated rings. The molecular weight excluding hydrogens is 380 g/mol. The zero-order valence-electron chi connectivity index (χ0n) is 15.1. The van der Waals surface area contributed by atoms with Gasteiger partial charge in [0.25, 0.3) is 5.91 Å². The number of carbonyl (C=O) groups is 2. The summed E-state index contributed by atoms with van der Waals surface area (Å²) in [6.45, 7) is 1.11. The summed E-state index contributed by atoms with van der Waals surface area (Å²) < 4.78 is 5.40. The summed E-state index contributed by atoms with van der Waals surface area (Å²) in [4.78, 5) is 25.0. The molecule has 4 N–H and O–H groups in total. The fourth-order valence-corrected chi connectivity index (χ4v) is 3.84. The van der Waals surface area contributed by atoms with Crippen LogP contribution in [0.5, 0.6) is 0 Å². The minimum absolute atomic E-state index is 0.122. The number of hydrogen-bond donors (Lipinski definition) is 3. The summed E-state index contributed by atoms with van der Waals surface area (Å²) in [5, 5.41) is 14.5. The Morgan fingerprint density at radius 3 is 2.96 bits per heavy atom. The average molecular weight is 399 g/mol. The van der Waals surface area contributed by atoms with Gasteiger partial charge in [-0.1, -0.05) is 11.3 Å². The van der Waals surface area contributed by atoms with Crippen LogP contribution in [-0.4, -0.2) is 42.3 Å². The number of furan rings is 1. The number of anilines is 2. The highest BCUT2D eigenvalue weighted by Gasteiger charge is 2.43. The van der Waals surface area contributed by atoms with E-state index in [1.54, 1.807) is 36.6 Å². The first-order valence-corrected chi connectivity index (χ1v) is 9.53. The molecule has 1 atom stereocenters. The Morgan fingerprint density at radius 1 is 1.36 bits per heavy atom. The third kappa shape index (κ3) is 3.17. The monoisotopic (exact) mass is 399 g/mol. The molecule has 0 radical (unpaired) electrons. The molecule has 1 aromatic carbocycles. The van der Waals surface area contributed by atoms with Crippen LogP contribution < -0.4 is 20.9 Å². The number of benzene rings is 1. The lowest BCUT2D eigenvalue weighted by molar-refractivity contribution is 0.102. The van der Waals surface area contributed by atoms with E-state index >= 15 is 0 Å². The van der Waals surface area contributed by atoms with Gasteiger partial charge in [-0.25, -0.2) is 9.28 Å². The molecule has 1 unspecified atom stereocenters. The maximum Gasteiger partial charge on any atom is 0.426 e. The van der Waals surface area contributed by atoms with Gasteiger partial charge >= 0.3 is 6.03 Å². The minimum atomic E-state index is -0.331. The summed E-state index contributed by atoms with van der Waals surface area (Å²) in [5.74, 6) is 0.259. The SMILES string of the molecule is C[N+]1(CCCN)C(=O)Nc2cc(C(=O)Nc3nnc(-c4ccco4)s3)ccc21. The number of nitrogens with two attached hydrogens (primary N) is 1. The van der Waals surface area contributed by atoms with Crippen molar-refractivity contribution in [2.75, 3.05) is 30.8 Å². The van der Waals surface area contributed by atoms with Crippen LogP contribution in [0, 0.1) is 0 Å². The van der Waals surface area contributed by atoms with Crippen molar-refractivity contribution < 1.29 is 14.0 Å². The molecule has 3 aromatic rings. The first kappa shape index (κ1) is 18.3. The normalized spacial score (nSPS) is 18.0. The maximum absolute atomic E-state index is 12.6. The number of nitrogens with zero attached hydrogens (tertiary/aromatic N) is 3. The number of carbonyl (C=O) groups excluding carboxylic acids is 2. The quantitative estimate of drug-likeness (QED) is 0.548. The molecule has 4 rings (SSSR count). The van der Waals surface area contributed by atoms with E-state index in [1.807, 2.05) is 7.05 Å². The second kappa shape index (κ2) is 7.15. The number of amides is 3. The van der Waals surface area contributed by atoms with Crippen molar-refractivity contribution in [3.63, 3.8) is 0 Å². The standard InChI is InChI=1S/C18H18N6O3S/c1-24(8-3-7-19)13-6-5-11(10-12(13)20-18(24)26)15(25)21-17-23-22-16(28-17)14-4-2-9-27-14/h2,4-6,9-10H,3,7-8,19H2,1H3,(H-,20,21,23,25,26)/p+1. The topological polar surface area (TPSA) is 123 Å². The van der Waals surface area contributed by atoms with Crippen LogP contribution in [0.1, 0.15) is 16.8 Å². The Bertz CT molecular complexity index is 1030. The van der Waals surface area contributed by atoms with Gasteiger partial charge in [-0.2, -0.15) is 0 Å². The fourth-order valence-electron chi connectivity index (χ4n) is 3.13. The number of aromatic nitrogens is 2. The number of hydrogen-bond acceptors (Lipinski definition) is 7. The highest BCUT2D eigenvalue weighted by Crippen LogP contribution is 2.38. The van der Waals surface area contributed by atoms with Crippen LogP contribution in [0.15, 0.2) is 41.0 Å². The van der Waals surface area contributed by atoms with E-state index in [9.17, 15) is 9.59 Å². The largest absolute Gasteiger partial charge is 0.462 e. The second-order valence-corrected chi connectivity index (χ2v) is 7.54. The molecule has 1 aliphatic heterocycles. The Morgan fingerprint density at radius 2 is 2.21 bits per heavy atom. The lowest BCUT2D eigenvalue weighted by atomic mass is 10.1. The summed E-state index contributed by atoms with van der Waals surface area (Å²) in [5.41, 5.74) is 7.46. The van der Waals surface area contributed by atoms with E-state index in [0.717, 1.165) is 12.1 Å². The predicted octanol–water partition coefficient (Wildman–Crippen LogP) is 2.88. The summed E-state index contributed by atoms with van der Waals surface area (Å²) in [6, 6.07) is 8.56. The highest BCUT2D eigenvalue weighted by atomic mass is 32.1. The molecule has 0 bridgehead atoms. The average Bonchev–Trinajstić information content (AvgIpc) is 3.41. The molecule has 10 heteroatoms. The number of nitrogens with one attached hydrogen (secondary N) is 2. The first-order chi connectivity index (χ1) is 13.5. The van der Waals surface area contributed by atoms with Crippen molar-refractivity contribution in [1.82, 2.24) is 14.7 Å². The van der Waals surface area contributed by atoms with Crippen LogP contribution in [0.3, 0.4) is 0 Å². The van der Waals surface area contributed by atoms with Crippen LogP contribution >= 0.6 is 11.3 Å². The predicted molar refractivity (Wildman–Crippen MR) is 107 cm³/mol.